The number of nitrogens with zero attached hydrogens (tertiary/aromatic N) is 3. The molecule has 0 aliphatic heterocycles. The predicted octanol–water partition coefficient (Wildman–Crippen LogP) is 5.38. The highest BCUT2D eigenvalue weighted by Crippen LogP contribution is 2.24. The Labute approximate surface area is 236 Å². The zero-order valence-electron chi connectivity index (χ0n) is 20.4. The van der Waals surface area contributed by atoms with Crippen molar-refractivity contribution in [1.29, 1.82) is 0 Å². The van der Waals surface area contributed by atoms with Crippen molar-refractivity contribution in [2.75, 3.05) is 27.3 Å². The first kappa shape index (κ1) is 33.2. The molecular formula is C23H21Cl4F2N3O6. The summed E-state index contributed by atoms with van der Waals surface area (Å²) >= 11 is 22.2. The Hall–Kier alpha value is -2.86. The Morgan fingerprint density at radius 3 is 1.79 bits per heavy atom. The zero-order valence-corrected chi connectivity index (χ0v) is 23.4. The van der Waals surface area contributed by atoms with E-state index in [-0.39, 0.29) is 40.2 Å². The number of carbonyl (C=O) groups is 4. The highest BCUT2D eigenvalue weighted by Gasteiger charge is 2.25. The summed E-state index contributed by atoms with van der Waals surface area (Å²) in [7, 11) is 3.24. The van der Waals surface area contributed by atoms with E-state index in [1.54, 1.807) is 27.9 Å². The Bertz CT molecular complexity index is 1260. The summed E-state index contributed by atoms with van der Waals surface area (Å²) in [4.78, 5) is 55.2. The lowest BCUT2D eigenvalue weighted by atomic mass is 10.1. The van der Waals surface area contributed by atoms with Gasteiger partial charge in [-0.2, -0.15) is 0 Å². The fourth-order valence-electron chi connectivity index (χ4n) is 2.50. The van der Waals surface area contributed by atoms with Crippen LogP contribution in [-0.4, -0.2) is 65.7 Å². The molecule has 0 atom stereocenters. The van der Waals surface area contributed by atoms with Gasteiger partial charge in [0.25, 0.3) is 0 Å². The van der Waals surface area contributed by atoms with Gasteiger partial charge in [-0.1, -0.05) is 46.4 Å². The molecular weight excluding hydrogens is 594 g/mol. The predicted molar refractivity (Wildman–Crippen MR) is 137 cm³/mol. The molecule has 0 spiro atoms. The van der Waals surface area contributed by atoms with Crippen LogP contribution >= 0.6 is 46.4 Å². The number of hydrogen-bond donors (Lipinski definition) is 0. The van der Waals surface area contributed by atoms with Crippen molar-refractivity contribution in [3.8, 4) is 0 Å². The van der Waals surface area contributed by atoms with Crippen molar-refractivity contribution in [2.24, 2.45) is 0 Å². The molecule has 0 radical (unpaired) electrons. The molecule has 2 rings (SSSR count). The maximum atomic E-state index is 13.4. The number of ketones is 2. The molecule has 9 nitrogen and oxygen atoms in total. The maximum Gasteiger partial charge on any atom is 0.343 e. The Balaban J connectivity index is 0.000000389. The van der Waals surface area contributed by atoms with Crippen molar-refractivity contribution in [1.82, 2.24) is 14.9 Å². The molecule has 38 heavy (non-hydrogen) atoms. The lowest BCUT2D eigenvalue weighted by molar-refractivity contribution is -0.142. The summed E-state index contributed by atoms with van der Waals surface area (Å²) in [6.45, 7) is 3.47. The Kier molecular flexibility index (Phi) is 13.6. The molecule has 0 aliphatic carbocycles. The normalized spacial score (nSPS) is 10.7. The zero-order chi connectivity index (χ0) is 29.2. The first-order valence-electron chi connectivity index (χ1n) is 10.5. The highest BCUT2D eigenvalue weighted by atomic mass is 35.5. The summed E-state index contributed by atoms with van der Waals surface area (Å²) < 4.78 is 35.9. The molecule has 2 aromatic heterocycles. The topological polar surface area (TPSA) is 116 Å². The molecule has 15 heteroatoms. The van der Waals surface area contributed by atoms with E-state index in [1.165, 1.54) is 11.1 Å². The minimum atomic E-state index is -0.905. The molecule has 0 fully saturated rings. The second kappa shape index (κ2) is 15.5. The molecule has 0 saturated heterocycles. The average molecular weight is 615 g/mol. The number of aromatic nitrogens is 2. The molecule has 0 aromatic carbocycles. The first-order chi connectivity index (χ1) is 17.7. The van der Waals surface area contributed by atoms with Crippen LogP contribution in [0.3, 0.4) is 0 Å². The SMILES string of the molecule is CCOC(=O)/C(=C\N(C)C)C(=O)c1cc(F)c(Cl)nc1Cl.CCOC(=O)CC(=O)c1cc(F)c(Cl)nc1Cl. The number of hydrogen-bond acceptors (Lipinski definition) is 9. The summed E-state index contributed by atoms with van der Waals surface area (Å²) in [6, 6.07) is 1.68. The number of esters is 2. The smallest absolute Gasteiger partial charge is 0.343 e. The summed E-state index contributed by atoms with van der Waals surface area (Å²) in [5, 5.41) is -1.42. The minimum absolute atomic E-state index is 0.0951. The molecule has 2 aromatic rings. The molecule has 2 heterocycles. The molecule has 0 unspecified atom stereocenters. The van der Waals surface area contributed by atoms with Gasteiger partial charge in [0.2, 0.25) is 5.78 Å². The van der Waals surface area contributed by atoms with Gasteiger partial charge in [0.15, 0.2) is 27.7 Å². The first-order valence-corrected chi connectivity index (χ1v) is 12.1. The van der Waals surface area contributed by atoms with Crippen LogP contribution in [-0.2, 0) is 19.1 Å². The van der Waals surface area contributed by atoms with Gasteiger partial charge in [0.05, 0.1) is 24.3 Å². The van der Waals surface area contributed by atoms with Crippen molar-refractivity contribution in [3.63, 3.8) is 0 Å². The van der Waals surface area contributed by atoms with E-state index >= 15 is 0 Å². The molecule has 206 valence electrons. The van der Waals surface area contributed by atoms with Gasteiger partial charge in [0, 0.05) is 20.3 Å². The lowest BCUT2D eigenvalue weighted by Crippen LogP contribution is -2.20. The van der Waals surface area contributed by atoms with Crippen LogP contribution in [0.15, 0.2) is 23.9 Å². The fraction of sp³-hybridized carbons (Fsp3) is 0.304. The third-order valence-electron chi connectivity index (χ3n) is 4.06. The maximum absolute atomic E-state index is 13.4. The summed E-state index contributed by atoms with van der Waals surface area (Å²) in [6.07, 6.45) is 0.749. The van der Waals surface area contributed by atoms with E-state index in [2.05, 4.69) is 14.7 Å². The quantitative estimate of drug-likeness (QED) is 0.0916. The number of Topliss-reactive ketones (excluding diaryl/α,β-unsaturated/α-hetero) is 2. The van der Waals surface area contributed by atoms with E-state index < -0.39 is 51.9 Å². The molecule has 0 amide bonds. The fourth-order valence-corrected chi connectivity index (χ4v) is 3.33. The third-order valence-corrected chi connectivity index (χ3v) is 5.16. The number of carbonyl (C=O) groups excluding carboxylic acids is 4. The number of ether oxygens (including phenoxy) is 2. The van der Waals surface area contributed by atoms with Crippen LogP contribution < -0.4 is 0 Å². The van der Waals surface area contributed by atoms with E-state index in [9.17, 15) is 28.0 Å². The number of rotatable bonds is 9. The van der Waals surface area contributed by atoms with Gasteiger partial charge >= 0.3 is 11.9 Å². The number of pyridine rings is 2. The van der Waals surface area contributed by atoms with Crippen molar-refractivity contribution < 1.29 is 37.4 Å². The van der Waals surface area contributed by atoms with E-state index in [4.69, 9.17) is 51.1 Å². The monoisotopic (exact) mass is 613 g/mol. The van der Waals surface area contributed by atoms with Crippen LogP contribution in [0, 0.1) is 11.6 Å². The standard InChI is InChI=1S/C13H13Cl2FN2O3.C10H8Cl2FNO3/c1-4-21-13(20)8(6-18(2)3)10(19)7-5-9(16)12(15)17-11(7)14;1-2-17-8(16)4-7(15)5-3-6(13)10(12)14-9(5)11/h5-6H,4H2,1-3H3;3H,2,4H2,1H3/b8-6-;. The van der Waals surface area contributed by atoms with Crippen LogP contribution in [0.4, 0.5) is 8.78 Å². The van der Waals surface area contributed by atoms with Crippen LogP contribution in [0.5, 0.6) is 0 Å². The van der Waals surface area contributed by atoms with E-state index in [1.807, 2.05) is 0 Å². The Morgan fingerprint density at radius 1 is 0.842 bits per heavy atom. The number of halogens is 6. The largest absolute Gasteiger partial charge is 0.466 e. The molecule has 0 bridgehead atoms. The van der Waals surface area contributed by atoms with Crippen molar-refractivity contribution in [2.45, 2.75) is 20.3 Å². The summed E-state index contributed by atoms with van der Waals surface area (Å²) in [5.74, 6) is -4.78. The molecule has 0 N–H and O–H groups in total. The van der Waals surface area contributed by atoms with E-state index in [0.717, 1.165) is 12.1 Å². The van der Waals surface area contributed by atoms with Gasteiger partial charge in [0.1, 0.15) is 22.3 Å². The van der Waals surface area contributed by atoms with Gasteiger partial charge in [-0.3, -0.25) is 14.4 Å². The van der Waals surface area contributed by atoms with E-state index in [0.29, 0.717) is 0 Å². The average Bonchev–Trinajstić information content (AvgIpc) is 2.82. The second-order valence-electron chi connectivity index (χ2n) is 7.16. The van der Waals surface area contributed by atoms with Gasteiger partial charge < -0.3 is 14.4 Å². The van der Waals surface area contributed by atoms with Crippen molar-refractivity contribution >= 4 is 69.9 Å². The third kappa shape index (κ3) is 9.79. The van der Waals surface area contributed by atoms with Crippen LogP contribution in [0.1, 0.15) is 41.0 Å². The van der Waals surface area contributed by atoms with Crippen LogP contribution in [0.25, 0.3) is 0 Å². The Morgan fingerprint density at radius 2 is 1.32 bits per heavy atom. The van der Waals surface area contributed by atoms with Crippen LogP contribution in [0.2, 0.25) is 20.6 Å². The second-order valence-corrected chi connectivity index (χ2v) is 8.59. The minimum Gasteiger partial charge on any atom is -0.466 e. The van der Waals surface area contributed by atoms with Gasteiger partial charge in [-0.25, -0.2) is 23.5 Å². The molecule has 0 aliphatic rings. The lowest BCUT2D eigenvalue weighted by Gasteiger charge is -2.11. The van der Waals surface area contributed by atoms with Gasteiger partial charge in [-0.05, 0) is 26.0 Å². The summed E-state index contributed by atoms with van der Waals surface area (Å²) in [5.41, 5.74) is -0.742. The molecule has 0 saturated carbocycles. The van der Waals surface area contributed by atoms with Gasteiger partial charge in [-0.15, -0.1) is 0 Å². The van der Waals surface area contributed by atoms with Crippen molar-refractivity contribution in [3.05, 3.63) is 67.3 Å². The highest BCUT2D eigenvalue weighted by molar-refractivity contribution is 6.37.